The number of carbonyl (C=O) groups excluding carboxylic acids is 1. The van der Waals surface area contributed by atoms with Crippen molar-refractivity contribution in [2.24, 2.45) is 46.8 Å². The highest BCUT2D eigenvalue weighted by Gasteiger charge is 2.87. The van der Waals surface area contributed by atoms with Crippen molar-refractivity contribution in [2.45, 2.75) is 18.2 Å². The van der Waals surface area contributed by atoms with Gasteiger partial charge in [-0.15, -0.1) is 0 Å². The minimum atomic E-state index is 0.370. The Kier molecular flexibility index (Phi) is 0.883. The van der Waals surface area contributed by atoms with Crippen LogP contribution in [0.5, 0.6) is 0 Å². The van der Waals surface area contributed by atoms with Crippen LogP contribution in [0.2, 0.25) is 0 Å². The molecule has 0 aromatic heterocycles. The third-order valence-corrected chi connectivity index (χ3v) is 8.22. The van der Waals surface area contributed by atoms with Crippen molar-refractivity contribution in [2.75, 3.05) is 0 Å². The highest BCUT2D eigenvalue weighted by atomic mass is 79.9. The van der Waals surface area contributed by atoms with Crippen LogP contribution in [0.25, 0.3) is 0 Å². The molecule has 0 aliphatic heterocycles. The van der Waals surface area contributed by atoms with Gasteiger partial charge in [-0.1, -0.05) is 22.9 Å². The van der Waals surface area contributed by atoms with Crippen LogP contribution in [-0.4, -0.2) is 10.6 Å². The first-order valence-electron chi connectivity index (χ1n) is 5.85. The van der Waals surface area contributed by atoms with Gasteiger partial charge in [0.1, 0.15) is 5.78 Å². The number of halogens is 1. The summed E-state index contributed by atoms with van der Waals surface area (Å²) < 4.78 is 0. The maximum Gasteiger partial charge on any atom is 0.140 e. The van der Waals surface area contributed by atoms with Crippen molar-refractivity contribution in [3.8, 4) is 0 Å². The largest absolute Gasteiger partial charge is 0.299 e. The molecule has 74 valence electrons. The number of carbonyl (C=O) groups is 1. The molecule has 0 aromatic rings. The van der Waals surface area contributed by atoms with Gasteiger partial charge in [-0.05, 0) is 41.4 Å². The summed E-state index contributed by atoms with van der Waals surface area (Å²) in [6, 6.07) is 0. The summed E-state index contributed by atoms with van der Waals surface area (Å²) in [5, 5.41) is 0. The van der Waals surface area contributed by atoms with E-state index in [-0.39, 0.29) is 0 Å². The number of ketones is 1. The molecule has 6 rings (SSSR count). The minimum absolute atomic E-state index is 0.370. The van der Waals surface area contributed by atoms with Crippen LogP contribution in [0.4, 0.5) is 0 Å². The minimum Gasteiger partial charge on any atom is -0.299 e. The lowest BCUT2D eigenvalue weighted by atomic mass is 9.64. The zero-order valence-corrected chi connectivity index (χ0v) is 9.70. The molecule has 6 aliphatic rings. The van der Waals surface area contributed by atoms with Crippen molar-refractivity contribution in [1.29, 1.82) is 0 Å². The zero-order chi connectivity index (χ0) is 9.40. The predicted molar refractivity (Wildman–Crippen MR) is 54.9 cm³/mol. The molecule has 14 heavy (non-hydrogen) atoms. The van der Waals surface area contributed by atoms with E-state index in [0.29, 0.717) is 27.9 Å². The molecule has 0 spiro atoms. The topological polar surface area (TPSA) is 17.1 Å². The molecule has 0 unspecified atom stereocenters. The van der Waals surface area contributed by atoms with Gasteiger partial charge < -0.3 is 0 Å². The van der Waals surface area contributed by atoms with Crippen molar-refractivity contribution in [3.05, 3.63) is 0 Å². The van der Waals surface area contributed by atoms with E-state index >= 15 is 0 Å². The Bertz CT molecular complexity index is 390. The highest BCUT2D eigenvalue weighted by Crippen LogP contribution is 2.86. The smallest absolute Gasteiger partial charge is 0.140 e. The summed E-state index contributed by atoms with van der Waals surface area (Å²) in [5.41, 5.74) is 0.370. The average molecular weight is 253 g/mol. The van der Waals surface area contributed by atoms with Gasteiger partial charge in [-0.2, -0.15) is 0 Å². The Balaban J connectivity index is 1.92. The standard InChI is InChI=1S/C12H13BrO/c1-12-8-4-2-3-5(6(4)11(12)13)9(12)10(14)7(3)8/h3-9,11H,2H2,1H3/t3-,4-,5+,6+,7-,8+,9-,11-,12+/m1/s1. The number of Topliss-reactive ketones (excluding diaryl/α,β-unsaturated/α-hetero) is 1. The first-order valence-corrected chi connectivity index (χ1v) is 6.76. The van der Waals surface area contributed by atoms with Gasteiger partial charge in [0.2, 0.25) is 0 Å². The molecule has 2 heteroatoms. The maximum atomic E-state index is 12.2. The summed E-state index contributed by atoms with van der Waals surface area (Å²) in [6.45, 7) is 2.40. The van der Waals surface area contributed by atoms with Gasteiger partial charge in [0.15, 0.2) is 0 Å². The van der Waals surface area contributed by atoms with E-state index in [1.165, 1.54) is 6.42 Å². The van der Waals surface area contributed by atoms with E-state index in [0.717, 1.165) is 29.6 Å². The lowest BCUT2D eigenvalue weighted by Crippen LogP contribution is -2.37. The van der Waals surface area contributed by atoms with Crippen LogP contribution in [0, 0.1) is 46.8 Å². The molecule has 6 aliphatic carbocycles. The van der Waals surface area contributed by atoms with Crippen molar-refractivity contribution in [1.82, 2.24) is 0 Å². The maximum absolute atomic E-state index is 12.2. The van der Waals surface area contributed by atoms with Crippen LogP contribution >= 0.6 is 15.9 Å². The molecular weight excluding hydrogens is 240 g/mol. The van der Waals surface area contributed by atoms with Gasteiger partial charge >= 0.3 is 0 Å². The molecule has 0 radical (unpaired) electrons. The van der Waals surface area contributed by atoms with Crippen molar-refractivity contribution < 1.29 is 4.79 Å². The average Bonchev–Trinajstić information content (AvgIpc) is 2.81. The third-order valence-electron chi connectivity index (χ3n) is 6.63. The fraction of sp³-hybridized carbons (Fsp3) is 0.917. The fourth-order valence-corrected chi connectivity index (χ4v) is 8.05. The van der Waals surface area contributed by atoms with E-state index in [9.17, 15) is 4.79 Å². The Morgan fingerprint density at radius 3 is 2.86 bits per heavy atom. The summed E-state index contributed by atoms with van der Waals surface area (Å²) in [6.07, 6.45) is 1.39. The fourth-order valence-electron chi connectivity index (χ4n) is 6.72. The molecule has 6 bridgehead atoms. The molecule has 0 aromatic carbocycles. The van der Waals surface area contributed by atoms with Crippen molar-refractivity contribution >= 4 is 21.7 Å². The molecular formula is C12H13BrO. The van der Waals surface area contributed by atoms with Crippen LogP contribution < -0.4 is 0 Å². The van der Waals surface area contributed by atoms with Crippen molar-refractivity contribution in [3.63, 3.8) is 0 Å². The Hall–Kier alpha value is 0.150. The lowest BCUT2D eigenvalue weighted by molar-refractivity contribution is -0.122. The summed E-state index contributed by atoms with van der Waals surface area (Å²) in [7, 11) is 0. The van der Waals surface area contributed by atoms with Gasteiger partial charge in [-0.3, -0.25) is 4.79 Å². The first kappa shape index (κ1) is 7.43. The van der Waals surface area contributed by atoms with E-state index in [2.05, 4.69) is 22.9 Å². The monoisotopic (exact) mass is 252 g/mol. The van der Waals surface area contributed by atoms with Crippen LogP contribution in [-0.2, 0) is 4.79 Å². The molecule has 6 fully saturated rings. The Morgan fingerprint density at radius 1 is 1.36 bits per heavy atom. The van der Waals surface area contributed by atoms with E-state index in [1.807, 2.05) is 0 Å². The Labute approximate surface area is 91.8 Å². The number of hydrogen-bond donors (Lipinski definition) is 0. The molecule has 0 amide bonds. The van der Waals surface area contributed by atoms with E-state index < -0.39 is 0 Å². The first-order chi connectivity index (χ1) is 6.67. The lowest BCUT2D eigenvalue weighted by Gasteiger charge is -2.38. The van der Waals surface area contributed by atoms with Crippen LogP contribution in [0.3, 0.4) is 0 Å². The molecule has 0 N–H and O–H groups in total. The quantitative estimate of drug-likeness (QED) is 0.604. The van der Waals surface area contributed by atoms with Gasteiger partial charge in [0, 0.05) is 16.7 Å². The van der Waals surface area contributed by atoms with Gasteiger partial charge in [-0.25, -0.2) is 0 Å². The number of hydrogen-bond acceptors (Lipinski definition) is 1. The number of alkyl halides is 1. The van der Waals surface area contributed by atoms with E-state index in [4.69, 9.17) is 0 Å². The molecule has 0 saturated heterocycles. The van der Waals surface area contributed by atoms with E-state index in [1.54, 1.807) is 0 Å². The summed E-state index contributed by atoms with van der Waals surface area (Å²) in [5.74, 6) is 5.85. The normalized spacial score (nSPS) is 80.3. The SMILES string of the molecule is C[C@]12[C@H]3[C@@H]4C[C@H]5[C@H]3C(=O)[C@H]1[C@@H]5[C@H]4[C@H]2Br. The highest BCUT2D eigenvalue weighted by molar-refractivity contribution is 9.09. The Morgan fingerprint density at radius 2 is 2.14 bits per heavy atom. The predicted octanol–water partition coefficient (Wildman–Crippen LogP) is 2.10. The molecule has 0 heterocycles. The second-order valence-electron chi connectivity index (χ2n) is 6.42. The second-order valence-corrected chi connectivity index (χ2v) is 7.40. The third kappa shape index (κ3) is 0.391. The van der Waals surface area contributed by atoms with Crippen LogP contribution in [0.1, 0.15) is 13.3 Å². The summed E-state index contributed by atoms with van der Waals surface area (Å²) >= 11 is 3.92. The van der Waals surface area contributed by atoms with Crippen LogP contribution in [0.15, 0.2) is 0 Å². The summed E-state index contributed by atoms with van der Waals surface area (Å²) in [4.78, 5) is 12.9. The van der Waals surface area contributed by atoms with Gasteiger partial charge in [0.25, 0.3) is 0 Å². The molecule has 9 atom stereocenters. The number of rotatable bonds is 0. The zero-order valence-electron chi connectivity index (χ0n) is 8.11. The molecule has 1 nitrogen and oxygen atoms in total. The molecule has 6 saturated carbocycles. The van der Waals surface area contributed by atoms with Gasteiger partial charge in [0.05, 0.1) is 0 Å². The second kappa shape index (κ2) is 1.66.